The van der Waals surface area contributed by atoms with Crippen molar-refractivity contribution >= 4 is 29.1 Å². The first-order chi connectivity index (χ1) is 7.18. The number of carbonyl (C=O) groups is 1. The Morgan fingerprint density at radius 2 is 1.80 bits per heavy atom. The third-order valence-corrected chi connectivity index (χ3v) is 1.75. The van der Waals surface area contributed by atoms with Crippen LogP contribution < -0.4 is 5.32 Å². The molecule has 15 heavy (non-hydrogen) atoms. The molecule has 0 bridgehead atoms. The molecule has 2 N–H and O–H groups in total. The van der Waals surface area contributed by atoms with Gasteiger partial charge < -0.3 is 19.9 Å². The van der Waals surface area contributed by atoms with Crippen LogP contribution in [0.4, 0.5) is 0 Å². The third-order valence-electron chi connectivity index (χ3n) is 1.35. The van der Waals surface area contributed by atoms with Gasteiger partial charge in [0.25, 0.3) is 5.91 Å². The van der Waals surface area contributed by atoms with Crippen molar-refractivity contribution in [2.24, 2.45) is 0 Å². The predicted octanol–water partition coefficient (Wildman–Crippen LogP) is -0.0682. The van der Waals surface area contributed by atoms with Crippen LogP contribution in [0.5, 0.6) is 0 Å². The van der Waals surface area contributed by atoms with E-state index in [0.717, 1.165) is 0 Å². The lowest BCUT2D eigenvalue weighted by molar-refractivity contribution is -0.119. The maximum Gasteiger partial charge on any atom is 0.253 e. The summed E-state index contributed by atoms with van der Waals surface area (Å²) in [5.41, 5.74) is 0. The number of hydrogen-bond acceptors (Lipinski definition) is 4. The van der Waals surface area contributed by atoms with Crippen molar-refractivity contribution in [3.8, 4) is 0 Å². The molecule has 90 valence electrons. The second kappa shape index (κ2) is 10.4. The van der Waals surface area contributed by atoms with E-state index in [1.165, 1.54) is 0 Å². The molecule has 0 radical (unpaired) electrons. The van der Waals surface area contributed by atoms with Gasteiger partial charge in [0, 0.05) is 6.54 Å². The summed E-state index contributed by atoms with van der Waals surface area (Å²) in [5.74, 6) is -0.432. The SMILES string of the molecule is O=C(NCCOCCOCCO)C(Cl)Cl. The molecule has 0 rings (SSSR count). The smallest absolute Gasteiger partial charge is 0.253 e. The molecular formula is C8H15Cl2NO4. The standard InChI is InChI=1S/C8H15Cl2NO4/c9-7(10)8(13)11-1-3-14-5-6-15-4-2-12/h7,12H,1-6H2,(H,11,13). The molecule has 1 amide bonds. The lowest BCUT2D eigenvalue weighted by Crippen LogP contribution is -2.31. The Kier molecular flexibility index (Phi) is 10.4. The predicted molar refractivity (Wildman–Crippen MR) is 57.2 cm³/mol. The number of carbonyl (C=O) groups excluding carboxylic acids is 1. The topological polar surface area (TPSA) is 67.8 Å². The van der Waals surface area contributed by atoms with Crippen LogP contribution >= 0.6 is 23.2 Å². The van der Waals surface area contributed by atoms with Crippen LogP contribution in [0.2, 0.25) is 0 Å². The molecule has 5 nitrogen and oxygen atoms in total. The minimum atomic E-state index is -1.04. The summed E-state index contributed by atoms with van der Waals surface area (Å²) in [6.07, 6.45) is 0. The molecule has 0 aromatic rings. The van der Waals surface area contributed by atoms with E-state index in [-0.39, 0.29) is 6.61 Å². The van der Waals surface area contributed by atoms with Crippen molar-refractivity contribution < 1.29 is 19.4 Å². The van der Waals surface area contributed by atoms with E-state index in [0.29, 0.717) is 33.0 Å². The number of ether oxygens (including phenoxy) is 2. The molecule has 0 saturated heterocycles. The Hall–Kier alpha value is -0.0700. The number of aliphatic hydroxyl groups excluding tert-OH is 1. The van der Waals surface area contributed by atoms with Crippen molar-refractivity contribution in [1.82, 2.24) is 5.32 Å². The Morgan fingerprint density at radius 1 is 1.20 bits per heavy atom. The fourth-order valence-corrected chi connectivity index (χ4v) is 0.864. The van der Waals surface area contributed by atoms with E-state index in [4.69, 9.17) is 37.8 Å². The number of alkyl halides is 2. The van der Waals surface area contributed by atoms with Crippen LogP contribution in [-0.2, 0) is 14.3 Å². The fourth-order valence-electron chi connectivity index (χ4n) is 0.710. The number of hydrogen-bond donors (Lipinski definition) is 2. The highest BCUT2D eigenvalue weighted by atomic mass is 35.5. The third kappa shape index (κ3) is 10.2. The Labute approximate surface area is 98.6 Å². The van der Waals surface area contributed by atoms with Crippen LogP contribution in [0.25, 0.3) is 0 Å². The average Bonchev–Trinajstić information content (AvgIpc) is 2.21. The molecule has 0 aliphatic heterocycles. The molecule has 7 heteroatoms. The van der Waals surface area contributed by atoms with Crippen molar-refractivity contribution in [2.45, 2.75) is 4.84 Å². The Bertz CT molecular complexity index is 169. The molecule has 0 spiro atoms. The second-order valence-corrected chi connectivity index (χ2v) is 3.64. The molecular weight excluding hydrogens is 245 g/mol. The van der Waals surface area contributed by atoms with E-state index in [1.54, 1.807) is 0 Å². The second-order valence-electron chi connectivity index (χ2n) is 2.54. The van der Waals surface area contributed by atoms with Gasteiger partial charge in [-0.15, -0.1) is 0 Å². The summed E-state index contributed by atoms with van der Waals surface area (Å²) in [6, 6.07) is 0. The molecule has 0 heterocycles. The summed E-state index contributed by atoms with van der Waals surface area (Å²) < 4.78 is 10.0. The van der Waals surface area contributed by atoms with Crippen molar-refractivity contribution in [2.75, 3.05) is 39.6 Å². The van der Waals surface area contributed by atoms with E-state index in [1.807, 2.05) is 0 Å². The first-order valence-electron chi connectivity index (χ1n) is 4.50. The zero-order valence-corrected chi connectivity index (χ0v) is 9.76. The molecule has 0 atom stereocenters. The average molecular weight is 260 g/mol. The first-order valence-corrected chi connectivity index (χ1v) is 5.38. The van der Waals surface area contributed by atoms with Gasteiger partial charge >= 0.3 is 0 Å². The largest absolute Gasteiger partial charge is 0.394 e. The highest BCUT2D eigenvalue weighted by Gasteiger charge is 2.09. The zero-order chi connectivity index (χ0) is 11.5. The van der Waals surface area contributed by atoms with Gasteiger partial charge in [0.2, 0.25) is 0 Å². The number of amides is 1. The maximum atomic E-state index is 10.8. The van der Waals surface area contributed by atoms with Crippen molar-refractivity contribution in [1.29, 1.82) is 0 Å². The summed E-state index contributed by atoms with van der Waals surface area (Å²) >= 11 is 10.6. The van der Waals surface area contributed by atoms with Gasteiger partial charge in [-0.05, 0) is 0 Å². The van der Waals surface area contributed by atoms with E-state index >= 15 is 0 Å². The van der Waals surface area contributed by atoms with E-state index in [2.05, 4.69) is 5.32 Å². The molecule has 0 aromatic heterocycles. The number of halogens is 2. The van der Waals surface area contributed by atoms with Crippen molar-refractivity contribution in [3.05, 3.63) is 0 Å². The van der Waals surface area contributed by atoms with Gasteiger partial charge in [-0.25, -0.2) is 0 Å². The van der Waals surface area contributed by atoms with Crippen LogP contribution in [0.3, 0.4) is 0 Å². The minimum absolute atomic E-state index is 0.00287. The molecule has 0 aliphatic carbocycles. The highest BCUT2D eigenvalue weighted by molar-refractivity contribution is 6.53. The fraction of sp³-hybridized carbons (Fsp3) is 0.875. The van der Waals surface area contributed by atoms with Crippen LogP contribution in [0.15, 0.2) is 0 Å². The first kappa shape index (κ1) is 14.9. The van der Waals surface area contributed by atoms with E-state index in [9.17, 15) is 4.79 Å². The van der Waals surface area contributed by atoms with Crippen molar-refractivity contribution in [3.63, 3.8) is 0 Å². The Morgan fingerprint density at radius 3 is 2.33 bits per heavy atom. The molecule has 0 fully saturated rings. The van der Waals surface area contributed by atoms with Gasteiger partial charge in [-0.3, -0.25) is 4.79 Å². The number of rotatable bonds is 9. The normalized spacial score (nSPS) is 10.7. The lowest BCUT2D eigenvalue weighted by atomic mass is 10.6. The van der Waals surface area contributed by atoms with Crippen LogP contribution in [-0.4, -0.2) is 55.4 Å². The number of aliphatic hydroxyl groups is 1. The lowest BCUT2D eigenvalue weighted by Gasteiger charge is -2.06. The summed E-state index contributed by atoms with van der Waals surface area (Å²) in [6.45, 7) is 1.87. The highest BCUT2D eigenvalue weighted by Crippen LogP contribution is 1.99. The molecule has 0 saturated carbocycles. The van der Waals surface area contributed by atoms with Gasteiger partial charge in [0.05, 0.1) is 33.0 Å². The monoisotopic (exact) mass is 259 g/mol. The minimum Gasteiger partial charge on any atom is -0.394 e. The molecule has 0 aliphatic rings. The molecule has 0 unspecified atom stereocenters. The summed E-state index contributed by atoms with van der Waals surface area (Å²) in [7, 11) is 0. The number of nitrogens with one attached hydrogen (secondary N) is 1. The van der Waals surface area contributed by atoms with Gasteiger partial charge in [-0.1, -0.05) is 23.2 Å². The van der Waals surface area contributed by atoms with Gasteiger partial charge in [0.15, 0.2) is 4.84 Å². The summed E-state index contributed by atoms with van der Waals surface area (Å²) in [4.78, 5) is 9.79. The van der Waals surface area contributed by atoms with Gasteiger partial charge in [-0.2, -0.15) is 0 Å². The van der Waals surface area contributed by atoms with Gasteiger partial charge in [0.1, 0.15) is 0 Å². The zero-order valence-electron chi connectivity index (χ0n) is 8.25. The van der Waals surface area contributed by atoms with Crippen LogP contribution in [0, 0.1) is 0 Å². The Balaban J connectivity index is 3.08. The maximum absolute atomic E-state index is 10.8. The summed E-state index contributed by atoms with van der Waals surface area (Å²) in [5, 5.41) is 10.9. The van der Waals surface area contributed by atoms with Crippen LogP contribution in [0.1, 0.15) is 0 Å². The quantitative estimate of drug-likeness (QED) is 0.450. The molecule has 0 aromatic carbocycles. The van der Waals surface area contributed by atoms with E-state index < -0.39 is 10.7 Å².